The molecule has 2 aliphatic rings. The molecule has 176 valence electrons. The number of benzene rings is 2. The van der Waals surface area contributed by atoms with Crippen LogP contribution in [-0.2, 0) is 10.2 Å². The third-order valence-corrected chi connectivity index (χ3v) is 7.77. The summed E-state index contributed by atoms with van der Waals surface area (Å²) in [5, 5.41) is 9.85. The normalized spacial score (nSPS) is 17.0. The van der Waals surface area contributed by atoms with Crippen LogP contribution in [-0.4, -0.2) is 42.6 Å². The third-order valence-electron chi connectivity index (χ3n) is 6.35. The number of nitrogens with one attached hydrogen (secondary N) is 1. The standard InChI is InChI=1S/C22H20FN5O5S/c1-32-28-13-25-18-5-3-14(9-15(18)21(28)29)33-20-16(10-24)19(6-4-17(20)23)26-34(30,31)27-11-22(12-27)7-2-8-22/h3-6,9,13,26H,2,7-8,11-12H2,1H3. The average Bonchev–Trinajstić information content (AvgIpc) is 2.74. The summed E-state index contributed by atoms with van der Waals surface area (Å²) in [6, 6.07) is 8.32. The Morgan fingerprint density at radius 2 is 2.00 bits per heavy atom. The number of rotatable bonds is 6. The smallest absolute Gasteiger partial charge is 0.301 e. The predicted octanol–water partition coefficient (Wildman–Crippen LogP) is 2.40. The summed E-state index contributed by atoms with van der Waals surface area (Å²) in [5.41, 5.74) is -0.470. The van der Waals surface area contributed by atoms with E-state index in [1.54, 1.807) is 0 Å². The first-order valence-electron chi connectivity index (χ1n) is 10.5. The van der Waals surface area contributed by atoms with Crippen LogP contribution in [0.4, 0.5) is 10.1 Å². The maximum atomic E-state index is 14.7. The minimum Gasteiger partial charge on any atom is -0.453 e. The van der Waals surface area contributed by atoms with Crippen molar-refractivity contribution in [2.45, 2.75) is 19.3 Å². The number of aromatic nitrogens is 2. The van der Waals surface area contributed by atoms with Crippen LogP contribution < -0.4 is 19.9 Å². The average molecular weight is 485 g/mol. The van der Waals surface area contributed by atoms with Gasteiger partial charge in [0, 0.05) is 13.1 Å². The van der Waals surface area contributed by atoms with Crippen LogP contribution in [0.1, 0.15) is 24.8 Å². The molecule has 3 aromatic rings. The fourth-order valence-electron chi connectivity index (χ4n) is 4.32. The Morgan fingerprint density at radius 1 is 1.24 bits per heavy atom. The molecule has 1 spiro atoms. The zero-order chi connectivity index (χ0) is 24.1. The summed E-state index contributed by atoms with van der Waals surface area (Å²) in [4.78, 5) is 21.5. The zero-order valence-electron chi connectivity index (χ0n) is 18.1. The molecule has 1 aliphatic heterocycles. The second-order valence-corrected chi connectivity index (χ2v) is 10.1. The first-order chi connectivity index (χ1) is 16.2. The van der Waals surface area contributed by atoms with Gasteiger partial charge in [-0.15, -0.1) is 4.73 Å². The molecular weight excluding hydrogens is 465 g/mol. The molecular formula is C22H20FN5O5S. The van der Waals surface area contributed by atoms with Crippen LogP contribution in [0.15, 0.2) is 41.5 Å². The van der Waals surface area contributed by atoms with Crippen molar-refractivity contribution in [1.82, 2.24) is 14.0 Å². The highest BCUT2D eigenvalue weighted by molar-refractivity contribution is 7.90. The summed E-state index contributed by atoms with van der Waals surface area (Å²) < 4.78 is 50.5. The molecule has 1 saturated heterocycles. The van der Waals surface area contributed by atoms with Crippen molar-refractivity contribution in [2.75, 3.05) is 24.9 Å². The van der Waals surface area contributed by atoms with Crippen molar-refractivity contribution in [1.29, 1.82) is 5.26 Å². The van der Waals surface area contributed by atoms with Crippen LogP contribution in [0.3, 0.4) is 0 Å². The maximum Gasteiger partial charge on any atom is 0.301 e. The number of nitrogens with zero attached hydrogens (tertiary/aromatic N) is 4. The molecule has 0 atom stereocenters. The van der Waals surface area contributed by atoms with Crippen molar-refractivity contribution in [3.05, 3.63) is 58.4 Å². The lowest BCUT2D eigenvalue weighted by molar-refractivity contribution is -0.00752. The van der Waals surface area contributed by atoms with Crippen molar-refractivity contribution < 1.29 is 22.4 Å². The molecule has 10 nitrogen and oxygen atoms in total. The number of nitriles is 1. The molecule has 2 aromatic carbocycles. The zero-order valence-corrected chi connectivity index (χ0v) is 18.9. The second-order valence-electron chi connectivity index (χ2n) is 8.48. The minimum absolute atomic E-state index is 0.0605. The van der Waals surface area contributed by atoms with Gasteiger partial charge in [0.1, 0.15) is 30.8 Å². The summed E-state index contributed by atoms with van der Waals surface area (Å²) >= 11 is 0. The van der Waals surface area contributed by atoms with Crippen molar-refractivity contribution in [3.63, 3.8) is 0 Å². The number of fused-ring (bicyclic) bond motifs is 1. The van der Waals surface area contributed by atoms with Gasteiger partial charge in [0.2, 0.25) is 0 Å². The van der Waals surface area contributed by atoms with Crippen LogP contribution in [0.2, 0.25) is 0 Å². The second kappa shape index (κ2) is 7.96. The lowest BCUT2D eigenvalue weighted by Gasteiger charge is -2.54. The molecule has 0 bridgehead atoms. The summed E-state index contributed by atoms with van der Waals surface area (Å²) in [7, 11) is -2.60. The Kier molecular flexibility index (Phi) is 5.18. The van der Waals surface area contributed by atoms with Gasteiger partial charge in [-0.1, -0.05) is 6.42 Å². The largest absolute Gasteiger partial charge is 0.453 e. The molecule has 2 heterocycles. The van der Waals surface area contributed by atoms with Gasteiger partial charge in [0.15, 0.2) is 11.6 Å². The molecule has 0 radical (unpaired) electrons. The summed E-state index contributed by atoms with van der Waals surface area (Å²) in [6.45, 7) is 0.859. The number of halogens is 1. The van der Waals surface area contributed by atoms with Gasteiger partial charge in [-0.2, -0.15) is 18.0 Å². The highest BCUT2D eigenvalue weighted by Gasteiger charge is 2.51. The third kappa shape index (κ3) is 3.63. The van der Waals surface area contributed by atoms with Gasteiger partial charge in [-0.3, -0.25) is 9.52 Å². The molecule has 34 heavy (non-hydrogen) atoms. The minimum atomic E-state index is -3.91. The van der Waals surface area contributed by atoms with E-state index in [1.165, 1.54) is 42.0 Å². The van der Waals surface area contributed by atoms with E-state index in [9.17, 15) is 22.9 Å². The number of hydrogen-bond donors (Lipinski definition) is 1. The Morgan fingerprint density at radius 3 is 2.65 bits per heavy atom. The molecule has 0 unspecified atom stereocenters. The maximum absolute atomic E-state index is 14.7. The number of hydrogen-bond acceptors (Lipinski definition) is 7. The Labute approximate surface area is 194 Å². The Hall–Kier alpha value is -3.69. The van der Waals surface area contributed by atoms with E-state index in [4.69, 9.17) is 9.57 Å². The first-order valence-corrected chi connectivity index (χ1v) is 11.9. The van der Waals surface area contributed by atoms with Crippen molar-refractivity contribution in [3.8, 4) is 17.6 Å². The molecule has 12 heteroatoms. The van der Waals surface area contributed by atoms with Crippen molar-refractivity contribution in [2.24, 2.45) is 5.41 Å². The van der Waals surface area contributed by atoms with E-state index in [1.807, 2.05) is 6.07 Å². The fourth-order valence-corrected chi connectivity index (χ4v) is 5.78. The van der Waals surface area contributed by atoms with Gasteiger partial charge in [0.25, 0.3) is 5.56 Å². The number of anilines is 1. The molecule has 1 N–H and O–H groups in total. The van der Waals surface area contributed by atoms with Gasteiger partial charge < -0.3 is 9.57 Å². The lowest BCUT2D eigenvalue weighted by Crippen LogP contribution is -2.62. The van der Waals surface area contributed by atoms with E-state index in [0.717, 1.165) is 30.1 Å². The molecule has 1 aliphatic carbocycles. The predicted molar refractivity (Wildman–Crippen MR) is 120 cm³/mol. The van der Waals surface area contributed by atoms with E-state index >= 15 is 0 Å². The highest BCUT2D eigenvalue weighted by atomic mass is 32.2. The monoisotopic (exact) mass is 485 g/mol. The van der Waals surface area contributed by atoms with Gasteiger partial charge in [-0.05, 0) is 48.6 Å². The Bertz CT molecular complexity index is 1500. The van der Waals surface area contributed by atoms with Crippen LogP contribution in [0, 0.1) is 22.6 Å². The van der Waals surface area contributed by atoms with Gasteiger partial charge in [0.05, 0.1) is 16.6 Å². The van der Waals surface area contributed by atoms with Gasteiger partial charge >= 0.3 is 10.2 Å². The summed E-state index contributed by atoms with van der Waals surface area (Å²) in [6.07, 6.45) is 4.34. The molecule has 0 amide bonds. The molecule has 2 fully saturated rings. The SMILES string of the molecule is COn1cnc2ccc(Oc3c(F)ccc(NS(=O)(=O)N4CC5(CCC5)C4)c3C#N)cc2c1=O. The van der Waals surface area contributed by atoms with E-state index in [2.05, 4.69) is 9.71 Å². The van der Waals surface area contributed by atoms with E-state index < -0.39 is 27.3 Å². The van der Waals surface area contributed by atoms with Crippen molar-refractivity contribution >= 4 is 26.8 Å². The van der Waals surface area contributed by atoms with Crippen LogP contribution >= 0.6 is 0 Å². The first kappa shape index (κ1) is 22.1. The Balaban J connectivity index is 1.46. The van der Waals surface area contributed by atoms with Crippen LogP contribution in [0.25, 0.3) is 10.9 Å². The summed E-state index contributed by atoms with van der Waals surface area (Å²) in [5.74, 6) is -1.26. The van der Waals surface area contributed by atoms with Crippen LogP contribution in [0.5, 0.6) is 11.5 Å². The molecule has 5 rings (SSSR count). The quantitative estimate of drug-likeness (QED) is 0.568. The number of ether oxygens (including phenoxy) is 1. The van der Waals surface area contributed by atoms with Gasteiger partial charge in [-0.25, -0.2) is 9.37 Å². The fraction of sp³-hybridized carbons (Fsp3) is 0.318. The van der Waals surface area contributed by atoms with E-state index in [-0.39, 0.29) is 27.8 Å². The molecule has 1 saturated carbocycles. The lowest BCUT2D eigenvalue weighted by atomic mass is 9.65. The highest BCUT2D eigenvalue weighted by Crippen LogP contribution is 2.49. The molecule has 1 aromatic heterocycles. The topological polar surface area (TPSA) is 127 Å². The van der Waals surface area contributed by atoms with E-state index in [0.29, 0.717) is 18.6 Å².